The van der Waals surface area contributed by atoms with Crippen LogP contribution in [0.25, 0.3) is 5.57 Å². The number of hydrogen-bond acceptors (Lipinski definition) is 1. The van der Waals surface area contributed by atoms with E-state index in [2.05, 4.69) is 38.3 Å². The predicted molar refractivity (Wildman–Crippen MR) is 74.6 cm³/mol. The second kappa shape index (κ2) is 4.62. The summed E-state index contributed by atoms with van der Waals surface area (Å²) in [5.41, 5.74) is 13.2. The van der Waals surface area contributed by atoms with Gasteiger partial charge in [-0.2, -0.15) is 0 Å². The average Bonchev–Trinajstić information content (AvgIpc) is 2.48. The Kier molecular flexibility index (Phi) is 3.19. The maximum absolute atomic E-state index is 5.96. The van der Waals surface area contributed by atoms with E-state index in [0.717, 1.165) is 30.5 Å². The molecule has 0 aromatic heterocycles. The zero-order valence-electron chi connectivity index (χ0n) is 10.4. The van der Waals surface area contributed by atoms with E-state index in [1.807, 2.05) is 0 Å². The Bertz CT molecular complexity index is 506. The quantitative estimate of drug-likeness (QED) is 0.724. The van der Waals surface area contributed by atoms with Gasteiger partial charge in [0.2, 0.25) is 0 Å². The molecule has 0 saturated carbocycles. The second-order valence-electron chi connectivity index (χ2n) is 4.70. The lowest BCUT2D eigenvalue weighted by atomic mass is 9.97. The molecule has 0 atom stereocenters. The molecule has 0 bridgehead atoms. The minimum absolute atomic E-state index is 0.815. The number of allylic oxidation sites excluding steroid dienone is 3. The molecule has 1 aliphatic rings. The molecule has 0 aliphatic heterocycles. The summed E-state index contributed by atoms with van der Waals surface area (Å²) in [5.74, 6) is 0. The first kappa shape index (κ1) is 11.7. The highest BCUT2D eigenvalue weighted by atomic mass is 14.6. The number of fused-ring (bicyclic) bond motifs is 1. The van der Waals surface area contributed by atoms with Crippen LogP contribution in [0.4, 0.5) is 0 Å². The minimum atomic E-state index is 0.815. The lowest BCUT2D eigenvalue weighted by Crippen LogP contribution is -1.99. The van der Waals surface area contributed by atoms with E-state index in [-0.39, 0.29) is 0 Å². The van der Waals surface area contributed by atoms with E-state index in [0.29, 0.717) is 0 Å². The third-order valence-electron chi connectivity index (χ3n) is 3.39. The van der Waals surface area contributed by atoms with Gasteiger partial charge in [-0.3, -0.25) is 0 Å². The molecule has 88 valence electrons. The van der Waals surface area contributed by atoms with Crippen molar-refractivity contribution in [2.45, 2.75) is 26.2 Å². The molecular formula is C16H19N. The summed E-state index contributed by atoms with van der Waals surface area (Å²) in [7, 11) is 0. The molecule has 1 aliphatic carbocycles. The van der Waals surface area contributed by atoms with Crippen LogP contribution in [0.15, 0.2) is 48.7 Å². The molecule has 0 fully saturated rings. The number of benzene rings is 1. The van der Waals surface area contributed by atoms with Crippen molar-refractivity contribution in [3.8, 4) is 0 Å². The summed E-state index contributed by atoms with van der Waals surface area (Å²) in [6.07, 6.45) is 4.66. The van der Waals surface area contributed by atoms with Crippen LogP contribution in [-0.2, 0) is 6.42 Å². The molecule has 0 amide bonds. The van der Waals surface area contributed by atoms with Gasteiger partial charge in [0, 0.05) is 5.70 Å². The maximum atomic E-state index is 5.96. The summed E-state index contributed by atoms with van der Waals surface area (Å²) in [6.45, 7) is 10.1. The van der Waals surface area contributed by atoms with Crippen LogP contribution in [0.2, 0.25) is 0 Å². The fraction of sp³-hybridized carbons (Fsp3) is 0.250. The molecule has 0 heterocycles. The largest absolute Gasteiger partial charge is 0.399 e. The van der Waals surface area contributed by atoms with Crippen LogP contribution in [-0.4, -0.2) is 0 Å². The maximum Gasteiger partial charge on any atom is 0.0303 e. The van der Waals surface area contributed by atoms with E-state index in [1.165, 1.54) is 22.3 Å². The second-order valence-corrected chi connectivity index (χ2v) is 4.70. The smallest absolute Gasteiger partial charge is 0.0303 e. The van der Waals surface area contributed by atoms with Crippen LogP contribution in [0.5, 0.6) is 0 Å². The lowest BCUT2D eigenvalue weighted by Gasteiger charge is -2.08. The van der Waals surface area contributed by atoms with Crippen LogP contribution in [0, 0.1) is 6.92 Å². The van der Waals surface area contributed by atoms with Gasteiger partial charge in [0.15, 0.2) is 0 Å². The molecule has 2 N–H and O–H groups in total. The Morgan fingerprint density at radius 1 is 1.35 bits per heavy atom. The SMILES string of the molecule is C=C/C(N)=C1/CCc2cc(C)ccc2C(=C)C1. The number of hydrogen-bond donors (Lipinski definition) is 1. The van der Waals surface area contributed by atoms with Gasteiger partial charge in [0.05, 0.1) is 0 Å². The molecule has 17 heavy (non-hydrogen) atoms. The van der Waals surface area contributed by atoms with Crippen molar-refractivity contribution in [3.63, 3.8) is 0 Å². The van der Waals surface area contributed by atoms with Crippen LogP contribution >= 0.6 is 0 Å². The molecule has 2 rings (SSSR count). The Hall–Kier alpha value is -1.76. The van der Waals surface area contributed by atoms with Gasteiger partial charge in [-0.1, -0.05) is 36.9 Å². The van der Waals surface area contributed by atoms with E-state index >= 15 is 0 Å². The fourth-order valence-corrected chi connectivity index (χ4v) is 2.39. The van der Waals surface area contributed by atoms with E-state index < -0.39 is 0 Å². The summed E-state index contributed by atoms with van der Waals surface area (Å²) in [5, 5.41) is 0. The standard InChI is InChI=1S/C16H19N/c1-4-16(17)14-7-6-13-9-11(2)5-8-15(13)12(3)10-14/h4-5,8-9H,1,3,6-7,10,17H2,2H3/b16-14+. The van der Waals surface area contributed by atoms with Gasteiger partial charge in [0.25, 0.3) is 0 Å². The number of nitrogens with two attached hydrogens (primary N) is 1. The molecule has 1 heteroatoms. The fourth-order valence-electron chi connectivity index (χ4n) is 2.39. The molecule has 1 nitrogen and oxygen atoms in total. The van der Waals surface area contributed by atoms with E-state index in [9.17, 15) is 0 Å². The van der Waals surface area contributed by atoms with E-state index in [4.69, 9.17) is 5.73 Å². The van der Waals surface area contributed by atoms with Crippen molar-refractivity contribution >= 4 is 5.57 Å². The van der Waals surface area contributed by atoms with Gasteiger partial charge in [-0.25, -0.2) is 0 Å². The van der Waals surface area contributed by atoms with Crippen molar-refractivity contribution < 1.29 is 0 Å². The van der Waals surface area contributed by atoms with Crippen LogP contribution in [0.1, 0.15) is 29.5 Å². The van der Waals surface area contributed by atoms with Crippen molar-refractivity contribution in [2.75, 3.05) is 0 Å². The van der Waals surface area contributed by atoms with Gasteiger partial charge >= 0.3 is 0 Å². The Balaban J connectivity index is 2.42. The number of rotatable bonds is 1. The van der Waals surface area contributed by atoms with Crippen LogP contribution < -0.4 is 5.73 Å². The summed E-state index contributed by atoms with van der Waals surface area (Å²) in [4.78, 5) is 0. The minimum Gasteiger partial charge on any atom is -0.399 e. The first-order valence-corrected chi connectivity index (χ1v) is 5.99. The first-order valence-electron chi connectivity index (χ1n) is 5.99. The van der Waals surface area contributed by atoms with Gasteiger partial charge in [-0.15, -0.1) is 0 Å². The van der Waals surface area contributed by atoms with Gasteiger partial charge in [0.1, 0.15) is 0 Å². The summed E-state index contributed by atoms with van der Waals surface area (Å²) >= 11 is 0. The van der Waals surface area contributed by atoms with Crippen molar-refractivity contribution in [2.24, 2.45) is 5.73 Å². The van der Waals surface area contributed by atoms with Crippen molar-refractivity contribution in [1.29, 1.82) is 0 Å². The average molecular weight is 225 g/mol. The van der Waals surface area contributed by atoms with Gasteiger partial charge in [-0.05, 0) is 54.5 Å². The molecule has 0 unspecified atom stereocenters. The summed E-state index contributed by atoms with van der Waals surface area (Å²) in [6, 6.07) is 6.59. The molecule has 0 radical (unpaired) electrons. The third kappa shape index (κ3) is 2.33. The van der Waals surface area contributed by atoms with Gasteiger partial charge < -0.3 is 5.73 Å². The molecule has 0 spiro atoms. The van der Waals surface area contributed by atoms with Crippen molar-refractivity contribution in [1.82, 2.24) is 0 Å². The van der Waals surface area contributed by atoms with E-state index in [1.54, 1.807) is 6.08 Å². The monoisotopic (exact) mass is 225 g/mol. The molecule has 0 saturated heterocycles. The number of aryl methyl sites for hydroxylation is 2. The highest BCUT2D eigenvalue weighted by Crippen LogP contribution is 2.32. The Labute approximate surface area is 103 Å². The Morgan fingerprint density at radius 3 is 2.82 bits per heavy atom. The highest BCUT2D eigenvalue weighted by molar-refractivity contribution is 5.70. The first-order chi connectivity index (χ1) is 8.11. The topological polar surface area (TPSA) is 26.0 Å². The Morgan fingerprint density at radius 2 is 2.12 bits per heavy atom. The molecule has 1 aromatic carbocycles. The summed E-state index contributed by atoms with van der Waals surface area (Å²) < 4.78 is 0. The normalized spacial score (nSPS) is 18.3. The third-order valence-corrected chi connectivity index (χ3v) is 3.39. The zero-order chi connectivity index (χ0) is 12.4. The highest BCUT2D eigenvalue weighted by Gasteiger charge is 2.15. The van der Waals surface area contributed by atoms with Crippen molar-refractivity contribution in [3.05, 3.63) is 65.4 Å². The zero-order valence-corrected chi connectivity index (χ0v) is 10.4. The van der Waals surface area contributed by atoms with Crippen LogP contribution in [0.3, 0.4) is 0 Å². The lowest BCUT2D eigenvalue weighted by molar-refractivity contribution is 0.917. The predicted octanol–water partition coefficient (Wildman–Crippen LogP) is 3.74. The molecule has 1 aromatic rings. The molecular weight excluding hydrogens is 206 g/mol.